The molecule has 4 nitrogen and oxygen atoms in total. The van der Waals surface area contributed by atoms with Crippen LogP contribution in [0.2, 0.25) is 5.02 Å². The Kier molecular flexibility index (Phi) is 4.26. The van der Waals surface area contributed by atoms with Crippen LogP contribution in [0.15, 0.2) is 48.5 Å². The maximum atomic E-state index is 11.7. The second-order valence-corrected chi connectivity index (χ2v) is 4.50. The largest absolute Gasteiger partial charge is 0.399 e. The molecular weight excluding hydrogens is 262 g/mol. The molecule has 2 amide bonds. The molecule has 0 atom stereocenters. The molecule has 0 fully saturated rings. The molecule has 19 heavy (non-hydrogen) atoms. The second-order valence-electron chi connectivity index (χ2n) is 4.06. The van der Waals surface area contributed by atoms with Crippen LogP contribution in [0.4, 0.5) is 16.2 Å². The van der Waals surface area contributed by atoms with E-state index in [2.05, 4.69) is 10.6 Å². The van der Waals surface area contributed by atoms with Gasteiger partial charge in [0.05, 0.1) is 0 Å². The van der Waals surface area contributed by atoms with E-state index in [0.717, 1.165) is 5.56 Å². The molecule has 0 unspecified atom stereocenters. The number of rotatable bonds is 3. The minimum Gasteiger partial charge on any atom is -0.399 e. The van der Waals surface area contributed by atoms with E-state index in [4.69, 9.17) is 17.3 Å². The summed E-state index contributed by atoms with van der Waals surface area (Å²) in [7, 11) is 0. The van der Waals surface area contributed by atoms with Gasteiger partial charge in [-0.3, -0.25) is 0 Å². The molecule has 0 spiro atoms. The number of amides is 2. The SMILES string of the molecule is Nc1cccc(CNC(=O)Nc2ccc(Cl)cc2)c1. The van der Waals surface area contributed by atoms with Crippen LogP contribution in [-0.2, 0) is 6.54 Å². The highest BCUT2D eigenvalue weighted by Crippen LogP contribution is 2.13. The van der Waals surface area contributed by atoms with Crippen LogP contribution in [0.3, 0.4) is 0 Å². The van der Waals surface area contributed by atoms with Gasteiger partial charge in [-0.15, -0.1) is 0 Å². The number of benzene rings is 2. The molecule has 0 aliphatic carbocycles. The first kappa shape index (κ1) is 13.2. The van der Waals surface area contributed by atoms with Crippen molar-refractivity contribution < 1.29 is 4.79 Å². The highest BCUT2D eigenvalue weighted by molar-refractivity contribution is 6.30. The van der Waals surface area contributed by atoms with Crippen molar-refractivity contribution in [3.63, 3.8) is 0 Å². The van der Waals surface area contributed by atoms with Gasteiger partial charge >= 0.3 is 6.03 Å². The molecule has 0 aromatic heterocycles. The fourth-order valence-corrected chi connectivity index (χ4v) is 1.72. The van der Waals surface area contributed by atoms with Gasteiger partial charge in [0, 0.05) is 22.9 Å². The lowest BCUT2D eigenvalue weighted by Gasteiger charge is -2.08. The molecule has 0 heterocycles. The first-order valence-electron chi connectivity index (χ1n) is 5.78. The first-order chi connectivity index (χ1) is 9.13. The third-order valence-corrected chi connectivity index (χ3v) is 2.76. The maximum Gasteiger partial charge on any atom is 0.319 e. The third-order valence-electron chi connectivity index (χ3n) is 2.51. The van der Waals surface area contributed by atoms with Gasteiger partial charge in [-0.25, -0.2) is 4.79 Å². The molecule has 0 radical (unpaired) electrons. The van der Waals surface area contributed by atoms with Crippen LogP contribution in [0.1, 0.15) is 5.56 Å². The van der Waals surface area contributed by atoms with Gasteiger partial charge in [0.25, 0.3) is 0 Å². The minimum atomic E-state index is -0.273. The summed E-state index contributed by atoms with van der Waals surface area (Å²) in [5.74, 6) is 0. The Hall–Kier alpha value is -2.20. The van der Waals surface area contributed by atoms with Gasteiger partial charge in [0.1, 0.15) is 0 Å². The lowest BCUT2D eigenvalue weighted by molar-refractivity contribution is 0.251. The van der Waals surface area contributed by atoms with Gasteiger partial charge < -0.3 is 16.4 Å². The maximum absolute atomic E-state index is 11.7. The van der Waals surface area contributed by atoms with E-state index in [1.165, 1.54) is 0 Å². The minimum absolute atomic E-state index is 0.273. The number of hydrogen-bond donors (Lipinski definition) is 3. The van der Waals surface area contributed by atoms with Gasteiger partial charge in [0.2, 0.25) is 0 Å². The molecule has 0 bridgehead atoms. The van der Waals surface area contributed by atoms with E-state index in [9.17, 15) is 4.79 Å². The number of nitrogens with two attached hydrogens (primary N) is 1. The third kappa shape index (κ3) is 4.19. The number of nitrogen functional groups attached to an aromatic ring is 1. The molecule has 0 aliphatic heterocycles. The van der Waals surface area contributed by atoms with Crippen molar-refractivity contribution in [1.29, 1.82) is 0 Å². The van der Waals surface area contributed by atoms with Crippen LogP contribution in [0.5, 0.6) is 0 Å². The predicted molar refractivity (Wildman–Crippen MR) is 78.2 cm³/mol. The van der Waals surface area contributed by atoms with Crippen LogP contribution in [-0.4, -0.2) is 6.03 Å². The van der Waals surface area contributed by atoms with Gasteiger partial charge in [0.15, 0.2) is 0 Å². The van der Waals surface area contributed by atoms with Crippen molar-refractivity contribution in [2.75, 3.05) is 11.1 Å². The highest BCUT2D eigenvalue weighted by atomic mass is 35.5. The number of nitrogens with one attached hydrogen (secondary N) is 2. The number of urea groups is 1. The van der Waals surface area contributed by atoms with E-state index in [-0.39, 0.29) is 6.03 Å². The first-order valence-corrected chi connectivity index (χ1v) is 6.16. The van der Waals surface area contributed by atoms with Crippen molar-refractivity contribution in [2.45, 2.75) is 6.54 Å². The smallest absolute Gasteiger partial charge is 0.319 e. The Bertz CT molecular complexity index is 569. The molecule has 0 aliphatic rings. The molecule has 2 aromatic rings. The average Bonchev–Trinajstić information content (AvgIpc) is 2.39. The molecule has 4 N–H and O–H groups in total. The number of carbonyl (C=O) groups is 1. The van der Waals surface area contributed by atoms with Crippen LogP contribution >= 0.6 is 11.6 Å². The fraction of sp³-hybridized carbons (Fsp3) is 0.0714. The summed E-state index contributed by atoms with van der Waals surface area (Å²) in [5.41, 5.74) is 7.98. The lowest BCUT2D eigenvalue weighted by atomic mass is 10.2. The normalized spacial score (nSPS) is 9.95. The van der Waals surface area contributed by atoms with E-state index < -0.39 is 0 Å². The zero-order valence-electron chi connectivity index (χ0n) is 10.2. The number of halogens is 1. The van der Waals surface area contributed by atoms with Gasteiger partial charge in [-0.05, 0) is 42.0 Å². The van der Waals surface area contributed by atoms with Crippen molar-refractivity contribution in [3.8, 4) is 0 Å². The van der Waals surface area contributed by atoms with Crippen molar-refractivity contribution in [3.05, 3.63) is 59.1 Å². The molecule has 2 aromatic carbocycles. The Balaban J connectivity index is 1.86. The summed E-state index contributed by atoms with van der Waals surface area (Å²) in [6.45, 7) is 0.421. The topological polar surface area (TPSA) is 67.1 Å². The molecule has 0 saturated carbocycles. The summed E-state index contributed by atoms with van der Waals surface area (Å²) in [6, 6.07) is 14.0. The molecule has 98 valence electrons. The summed E-state index contributed by atoms with van der Waals surface area (Å²) in [6.07, 6.45) is 0. The van der Waals surface area contributed by atoms with Gasteiger partial charge in [-0.2, -0.15) is 0 Å². The summed E-state index contributed by atoms with van der Waals surface area (Å²) in [5, 5.41) is 6.10. The summed E-state index contributed by atoms with van der Waals surface area (Å²) in [4.78, 5) is 11.7. The van der Waals surface area contributed by atoms with E-state index in [0.29, 0.717) is 22.9 Å². The molecule has 0 saturated heterocycles. The highest BCUT2D eigenvalue weighted by Gasteiger charge is 2.01. The van der Waals surface area contributed by atoms with Crippen LogP contribution in [0.25, 0.3) is 0 Å². The molecular formula is C14H14ClN3O. The van der Waals surface area contributed by atoms with Crippen molar-refractivity contribution in [2.24, 2.45) is 0 Å². The zero-order valence-corrected chi connectivity index (χ0v) is 10.9. The van der Waals surface area contributed by atoms with Crippen molar-refractivity contribution in [1.82, 2.24) is 5.32 Å². The Labute approximate surface area is 116 Å². The Morgan fingerprint density at radius 2 is 1.89 bits per heavy atom. The van der Waals surface area contributed by atoms with E-state index >= 15 is 0 Å². The van der Waals surface area contributed by atoms with Crippen LogP contribution < -0.4 is 16.4 Å². The Morgan fingerprint density at radius 3 is 2.58 bits per heavy atom. The number of anilines is 2. The quantitative estimate of drug-likeness (QED) is 0.753. The monoisotopic (exact) mass is 275 g/mol. The van der Waals surface area contributed by atoms with Crippen molar-refractivity contribution >= 4 is 29.0 Å². The number of hydrogen-bond acceptors (Lipinski definition) is 2. The lowest BCUT2D eigenvalue weighted by Crippen LogP contribution is -2.28. The number of carbonyl (C=O) groups excluding carboxylic acids is 1. The van der Waals surface area contributed by atoms with E-state index in [1.807, 2.05) is 18.2 Å². The molecule has 5 heteroatoms. The zero-order chi connectivity index (χ0) is 13.7. The second kappa shape index (κ2) is 6.11. The Morgan fingerprint density at radius 1 is 1.16 bits per heavy atom. The van der Waals surface area contributed by atoms with Gasteiger partial charge in [-0.1, -0.05) is 23.7 Å². The predicted octanol–water partition coefficient (Wildman–Crippen LogP) is 3.24. The van der Waals surface area contributed by atoms with Crippen LogP contribution in [0, 0.1) is 0 Å². The summed E-state index contributed by atoms with van der Waals surface area (Å²) >= 11 is 5.76. The summed E-state index contributed by atoms with van der Waals surface area (Å²) < 4.78 is 0. The average molecular weight is 276 g/mol. The van der Waals surface area contributed by atoms with E-state index in [1.54, 1.807) is 30.3 Å². The molecule has 2 rings (SSSR count). The fourth-order valence-electron chi connectivity index (χ4n) is 1.59. The standard InChI is InChI=1S/C14H14ClN3O/c15-11-4-6-13(7-5-11)18-14(19)17-9-10-2-1-3-12(16)8-10/h1-8H,9,16H2,(H2,17,18,19).